The van der Waals surface area contributed by atoms with E-state index in [2.05, 4.69) is 221 Å². The number of pyridine rings is 1. The zero-order valence-electron chi connectivity index (χ0n) is 30.5. The summed E-state index contributed by atoms with van der Waals surface area (Å²) in [7, 11) is 0. The Labute approximate surface area is 325 Å². The van der Waals surface area contributed by atoms with E-state index in [0.29, 0.717) is 0 Å². The third-order valence-electron chi connectivity index (χ3n) is 11.1. The first kappa shape index (κ1) is 32.0. The number of aromatic nitrogens is 3. The van der Waals surface area contributed by atoms with Gasteiger partial charge in [-0.05, 0) is 70.8 Å². The average molecular weight is 714 g/mol. The Morgan fingerprint density at radius 2 is 0.643 bits per heavy atom. The van der Waals surface area contributed by atoms with Crippen LogP contribution in [-0.2, 0) is 0 Å². The first-order chi connectivity index (χ1) is 27.8. The third-order valence-corrected chi connectivity index (χ3v) is 11.1. The summed E-state index contributed by atoms with van der Waals surface area (Å²) in [5.41, 5.74) is 15.7. The van der Waals surface area contributed by atoms with Crippen molar-refractivity contribution in [2.75, 3.05) is 0 Å². The molecule has 0 saturated carbocycles. The van der Waals surface area contributed by atoms with Crippen LogP contribution in [0.5, 0.6) is 0 Å². The SMILES string of the molecule is c1ccc(-c2ccc3c(c2)c2ccc4c5cc(-c6ccccc6)ccc5n(-c5cc(-c6ccccc6)nc(-c6ccccc6)c5)c4c2n3-c2ccccc2)cc1. The van der Waals surface area contributed by atoms with Gasteiger partial charge in [0.15, 0.2) is 0 Å². The van der Waals surface area contributed by atoms with Gasteiger partial charge >= 0.3 is 0 Å². The molecular formula is C53H35N3. The molecule has 3 nitrogen and oxygen atoms in total. The van der Waals surface area contributed by atoms with Gasteiger partial charge in [0.1, 0.15) is 0 Å². The number of hydrogen-bond acceptors (Lipinski definition) is 1. The molecule has 0 atom stereocenters. The second-order valence-electron chi connectivity index (χ2n) is 14.4. The number of benzene rings is 8. The Morgan fingerprint density at radius 3 is 1.07 bits per heavy atom. The maximum Gasteiger partial charge on any atom is 0.0788 e. The fraction of sp³-hybridized carbons (Fsp3) is 0. The quantitative estimate of drug-likeness (QED) is 0.168. The molecule has 3 heteroatoms. The predicted octanol–water partition coefficient (Wildman–Crippen LogP) is 13.9. The zero-order chi connectivity index (χ0) is 37.0. The van der Waals surface area contributed by atoms with Crippen molar-refractivity contribution in [3.05, 3.63) is 212 Å². The molecular weight excluding hydrogens is 679 g/mol. The van der Waals surface area contributed by atoms with E-state index >= 15 is 0 Å². The smallest absolute Gasteiger partial charge is 0.0788 e. The van der Waals surface area contributed by atoms with Crippen LogP contribution in [-0.4, -0.2) is 14.1 Å². The Morgan fingerprint density at radius 1 is 0.268 bits per heavy atom. The van der Waals surface area contributed by atoms with Crippen molar-refractivity contribution < 1.29 is 0 Å². The van der Waals surface area contributed by atoms with Gasteiger partial charge in [0.05, 0.1) is 39.1 Å². The molecule has 0 unspecified atom stereocenters. The summed E-state index contributed by atoms with van der Waals surface area (Å²) >= 11 is 0. The van der Waals surface area contributed by atoms with Gasteiger partial charge in [-0.1, -0.05) is 164 Å². The molecule has 0 radical (unpaired) electrons. The molecule has 8 aromatic carbocycles. The van der Waals surface area contributed by atoms with Gasteiger partial charge in [-0.2, -0.15) is 0 Å². The van der Waals surface area contributed by atoms with Gasteiger partial charge in [-0.3, -0.25) is 0 Å². The minimum absolute atomic E-state index is 0.932. The minimum Gasteiger partial charge on any atom is -0.307 e. The Balaban J connectivity index is 1.31. The number of para-hydroxylation sites is 1. The topological polar surface area (TPSA) is 22.8 Å². The van der Waals surface area contributed by atoms with Crippen molar-refractivity contribution >= 4 is 43.6 Å². The summed E-state index contributed by atoms with van der Waals surface area (Å²) in [6.45, 7) is 0. The molecule has 0 saturated heterocycles. The Kier molecular flexibility index (Phi) is 7.49. The van der Waals surface area contributed by atoms with Crippen molar-refractivity contribution in [3.63, 3.8) is 0 Å². The standard InChI is InChI=1S/C53H35N3/c1-6-16-36(17-7-1)40-26-30-50-46(32-40)44-28-29-45-47-33-41(37-18-8-2-9-19-37)27-31-51(47)56(53(45)52(44)55(50)42-24-14-5-15-25-42)43-34-48(38-20-10-3-11-21-38)54-49(35-43)39-22-12-4-13-23-39/h1-35H. The van der Waals surface area contributed by atoms with Crippen LogP contribution in [0.25, 0.3) is 99.8 Å². The van der Waals surface area contributed by atoms with Crippen molar-refractivity contribution in [1.82, 2.24) is 14.1 Å². The van der Waals surface area contributed by atoms with Gasteiger partial charge in [0.2, 0.25) is 0 Å². The monoisotopic (exact) mass is 713 g/mol. The molecule has 0 fully saturated rings. The van der Waals surface area contributed by atoms with Gasteiger partial charge in [0, 0.05) is 38.4 Å². The summed E-state index contributed by atoms with van der Waals surface area (Å²) in [4.78, 5) is 5.28. The fourth-order valence-electron chi connectivity index (χ4n) is 8.49. The molecule has 3 heterocycles. The van der Waals surface area contributed by atoms with E-state index < -0.39 is 0 Å². The molecule has 0 spiro atoms. The second kappa shape index (κ2) is 13.1. The highest BCUT2D eigenvalue weighted by Crippen LogP contribution is 2.44. The molecule has 11 aromatic rings. The van der Waals surface area contributed by atoms with Crippen molar-refractivity contribution in [2.24, 2.45) is 0 Å². The summed E-state index contributed by atoms with van der Waals surface area (Å²) in [6.07, 6.45) is 0. The number of fused-ring (bicyclic) bond motifs is 7. The summed E-state index contributed by atoms with van der Waals surface area (Å²) < 4.78 is 4.95. The number of hydrogen-bond donors (Lipinski definition) is 0. The van der Waals surface area contributed by atoms with Crippen LogP contribution in [0.15, 0.2) is 212 Å². The maximum atomic E-state index is 5.28. The lowest BCUT2D eigenvalue weighted by molar-refractivity contribution is 1.14. The van der Waals surface area contributed by atoms with Crippen LogP contribution in [0.4, 0.5) is 0 Å². The van der Waals surface area contributed by atoms with E-state index in [0.717, 1.165) is 44.9 Å². The molecule has 0 bridgehead atoms. The molecule has 0 aliphatic rings. The molecule has 3 aromatic heterocycles. The maximum absolute atomic E-state index is 5.28. The number of rotatable bonds is 6. The highest BCUT2D eigenvalue weighted by atomic mass is 15.0. The summed E-state index contributed by atoms with van der Waals surface area (Å²) in [5.74, 6) is 0. The van der Waals surface area contributed by atoms with Crippen molar-refractivity contribution in [3.8, 4) is 56.1 Å². The molecule has 0 N–H and O–H groups in total. The predicted molar refractivity (Wildman–Crippen MR) is 235 cm³/mol. The van der Waals surface area contributed by atoms with Gasteiger partial charge in [-0.25, -0.2) is 4.98 Å². The van der Waals surface area contributed by atoms with Gasteiger partial charge in [-0.15, -0.1) is 0 Å². The molecule has 0 aliphatic heterocycles. The van der Waals surface area contributed by atoms with E-state index in [4.69, 9.17) is 4.98 Å². The van der Waals surface area contributed by atoms with E-state index in [9.17, 15) is 0 Å². The van der Waals surface area contributed by atoms with Gasteiger partial charge < -0.3 is 9.13 Å². The number of nitrogens with zero attached hydrogens (tertiary/aromatic N) is 3. The molecule has 0 amide bonds. The van der Waals surface area contributed by atoms with Crippen molar-refractivity contribution in [2.45, 2.75) is 0 Å². The van der Waals surface area contributed by atoms with Crippen LogP contribution >= 0.6 is 0 Å². The Hall–Kier alpha value is -7.49. The largest absolute Gasteiger partial charge is 0.307 e. The molecule has 56 heavy (non-hydrogen) atoms. The fourth-order valence-corrected chi connectivity index (χ4v) is 8.49. The zero-order valence-corrected chi connectivity index (χ0v) is 30.5. The van der Waals surface area contributed by atoms with Gasteiger partial charge in [0.25, 0.3) is 0 Å². The van der Waals surface area contributed by atoms with E-state index in [1.165, 1.54) is 54.8 Å². The lowest BCUT2D eigenvalue weighted by atomic mass is 10.0. The minimum atomic E-state index is 0.932. The van der Waals surface area contributed by atoms with Crippen LogP contribution in [0.1, 0.15) is 0 Å². The molecule has 11 rings (SSSR count). The molecule has 0 aliphatic carbocycles. The molecule has 262 valence electrons. The first-order valence-corrected chi connectivity index (χ1v) is 19.1. The summed E-state index contributed by atoms with van der Waals surface area (Å²) in [6, 6.07) is 76.3. The second-order valence-corrected chi connectivity index (χ2v) is 14.4. The Bertz CT molecular complexity index is 3140. The normalized spacial score (nSPS) is 11.6. The van der Waals surface area contributed by atoms with E-state index in [-0.39, 0.29) is 0 Å². The van der Waals surface area contributed by atoms with Crippen LogP contribution in [0, 0.1) is 0 Å². The lowest BCUT2D eigenvalue weighted by Gasteiger charge is -2.15. The van der Waals surface area contributed by atoms with Crippen molar-refractivity contribution in [1.29, 1.82) is 0 Å². The third kappa shape index (κ3) is 5.25. The first-order valence-electron chi connectivity index (χ1n) is 19.1. The van der Waals surface area contributed by atoms with Crippen LogP contribution in [0.3, 0.4) is 0 Å². The van der Waals surface area contributed by atoms with Crippen LogP contribution in [0.2, 0.25) is 0 Å². The average Bonchev–Trinajstić information content (AvgIpc) is 3.80. The van der Waals surface area contributed by atoms with E-state index in [1.54, 1.807) is 0 Å². The highest BCUT2D eigenvalue weighted by molar-refractivity contribution is 6.24. The van der Waals surface area contributed by atoms with E-state index in [1.807, 2.05) is 0 Å². The van der Waals surface area contributed by atoms with Crippen LogP contribution < -0.4 is 0 Å². The lowest BCUT2D eigenvalue weighted by Crippen LogP contribution is -2.00. The summed E-state index contributed by atoms with van der Waals surface area (Å²) in [5, 5.41) is 4.84. The highest BCUT2D eigenvalue weighted by Gasteiger charge is 2.23.